The quantitative estimate of drug-likeness (QED) is 0.595. The summed E-state index contributed by atoms with van der Waals surface area (Å²) in [4.78, 5) is 10.4. The van der Waals surface area contributed by atoms with E-state index in [2.05, 4.69) is 11.9 Å². The van der Waals surface area contributed by atoms with E-state index in [1.54, 1.807) is 0 Å². The van der Waals surface area contributed by atoms with E-state index >= 15 is 0 Å². The average molecular weight is 127 g/mol. The van der Waals surface area contributed by atoms with Crippen LogP contribution < -0.4 is 5.32 Å². The van der Waals surface area contributed by atoms with Crippen LogP contribution in [0.3, 0.4) is 0 Å². The van der Waals surface area contributed by atoms with Crippen molar-refractivity contribution in [3.05, 3.63) is 12.3 Å². The van der Waals surface area contributed by atoms with E-state index in [1.165, 1.54) is 6.92 Å². The van der Waals surface area contributed by atoms with Crippen LogP contribution in [0.1, 0.15) is 20.8 Å². The van der Waals surface area contributed by atoms with Gasteiger partial charge in [-0.15, -0.1) is 0 Å². The number of hydrogen-bond donors (Lipinski definition) is 1. The van der Waals surface area contributed by atoms with Crippen molar-refractivity contribution in [2.45, 2.75) is 20.8 Å². The van der Waals surface area contributed by atoms with Crippen LogP contribution in [0.25, 0.3) is 0 Å². The third kappa shape index (κ3) is 3.76. The first-order chi connectivity index (χ1) is 4.04. The maximum atomic E-state index is 10.4. The van der Waals surface area contributed by atoms with Gasteiger partial charge in [0.2, 0.25) is 5.91 Å². The molecule has 0 aromatic heterocycles. The molecule has 0 heterocycles. The highest BCUT2D eigenvalue weighted by atomic mass is 16.1. The maximum Gasteiger partial charge on any atom is 0.220 e. The van der Waals surface area contributed by atoms with Gasteiger partial charge in [0.05, 0.1) is 0 Å². The average Bonchev–Trinajstić information content (AvgIpc) is 1.63. The zero-order valence-corrected chi connectivity index (χ0v) is 6.19. The van der Waals surface area contributed by atoms with Gasteiger partial charge < -0.3 is 5.32 Å². The van der Waals surface area contributed by atoms with Gasteiger partial charge in [-0.05, 0) is 5.92 Å². The molecule has 0 aromatic rings. The van der Waals surface area contributed by atoms with Crippen molar-refractivity contribution >= 4 is 5.91 Å². The highest BCUT2D eigenvalue weighted by Crippen LogP contribution is 2.00. The summed E-state index contributed by atoms with van der Waals surface area (Å²) in [5.41, 5.74) is 0.780. The molecule has 2 nitrogen and oxygen atoms in total. The van der Waals surface area contributed by atoms with E-state index in [1.807, 2.05) is 13.8 Å². The SMILES string of the molecule is C=C(NC(C)=O)C(C)C. The topological polar surface area (TPSA) is 29.1 Å². The molecule has 0 aromatic carbocycles. The summed E-state index contributed by atoms with van der Waals surface area (Å²) in [6, 6.07) is 0. The lowest BCUT2D eigenvalue weighted by Gasteiger charge is -2.08. The van der Waals surface area contributed by atoms with Crippen molar-refractivity contribution in [3.63, 3.8) is 0 Å². The summed E-state index contributed by atoms with van der Waals surface area (Å²) >= 11 is 0. The molecular formula is C7H13NO. The van der Waals surface area contributed by atoms with Crippen molar-refractivity contribution in [1.29, 1.82) is 0 Å². The Hall–Kier alpha value is -0.790. The van der Waals surface area contributed by atoms with Crippen LogP contribution in [0.2, 0.25) is 0 Å². The Morgan fingerprint density at radius 1 is 1.56 bits per heavy atom. The molecule has 0 aliphatic carbocycles. The summed E-state index contributed by atoms with van der Waals surface area (Å²) in [7, 11) is 0. The minimum atomic E-state index is -0.0475. The van der Waals surface area contributed by atoms with E-state index < -0.39 is 0 Å². The van der Waals surface area contributed by atoms with Gasteiger partial charge in [0, 0.05) is 12.6 Å². The summed E-state index contributed by atoms with van der Waals surface area (Å²) in [6.45, 7) is 9.11. The van der Waals surface area contributed by atoms with Crippen LogP contribution in [-0.2, 0) is 4.79 Å². The number of allylic oxidation sites excluding steroid dienone is 1. The zero-order chi connectivity index (χ0) is 7.44. The molecule has 52 valence electrons. The molecule has 0 saturated heterocycles. The third-order valence-electron chi connectivity index (χ3n) is 1.03. The number of amides is 1. The van der Waals surface area contributed by atoms with Gasteiger partial charge in [-0.3, -0.25) is 4.79 Å². The summed E-state index contributed by atoms with van der Waals surface area (Å²) < 4.78 is 0. The molecule has 0 spiro atoms. The molecule has 0 aliphatic rings. The fourth-order valence-electron chi connectivity index (χ4n) is 0.370. The predicted molar refractivity (Wildman–Crippen MR) is 37.8 cm³/mol. The van der Waals surface area contributed by atoms with Crippen molar-refractivity contribution in [3.8, 4) is 0 Å². The van der Waals surface area contributed by atoms with Gasteiger partial charge in [-0.1, -0.05) is 20.4 Å². The Balaban J connectivity index is 3.64. The highest BCUT2D eigenvalue weighted by Gasteiger charge is 1.99. The fourth-order valence-corrected chi connectivity index (χ4v) is 0.370. The minimum absolute atomic E-state index is 0.0475. The molecule has 0 saturated carbocycles. The van der Waals surface area contributed by atoms with Gasteiger partial charge in [0.25, 0.3) is 0 Å². The summed E-state index contributed by atoms with van der Waals surface area (Å²) in [6.07, 6.45) is 0. The second-order valence-electron chi connectivity index (χ2n) is 2.36. The lowest BCUT2D eigenvalue weighted by Crippen LogP contribution is -2.21. The van der Waals surface area contributed by atoms with Gasteiger partial charge in [0.1, 0.15) is 0 Å². The van der Waals surface area contributed by atoms with Crippen LogP contribution in [0.15, 0.2) is 12.3 Å². The molecule has 2 heteroatoms. The van der Waals surface area contributed by atoms with Gasteiger partial charge in [0.15, 0.2) is 0 Å². The van der Waals surface area contributed by atoms with Crippen LogP contribution in [0.5, 0.6) is 0 Å². The summed E-state index contributed by atoms with van der Waals surface area (Å²) in [5, 5.41) is 2.61. The summed E-state index contributed by atoms with van der Waals surface area (Å²) in [5.74, 6) is 0.280. The van der Waals surface area contributed by atoms with E-state index in [-0.39, 0.29) is 5.91 Å². The lowest BCUT2D eigenvalue weighted by atomic mass is 10.1. The number of carbonyl (C=O) groups excluding carboxylic acids is 1. The van der Waals surface area contributed by atoms with Crippen LogP contribution in [0, 0.1) is 5.92 Å². The smallest absolute Gasteiger partial charge is 0.220 e. The first-order valence-corrected chi connectivity index (χ1v) is 3.00. The van der Waals surface area contributed by atoms with E-state index in [0.29, 0.717) is 5.92 Å². The Kier molecular flexibility index (Phi) is 2.99. The van der Waals surface area contributed by atoms with Gasteiger partial charge in [-0.25, -0.2) is 0 Å². The highest BCUT2D eigenvalue weighted by molar-refractivity contribution is 5.74. The van der Waals surface area contributed by atoms with Crippen LogP contribution in [0.4, 0.5) is 0 Å². The molecule has 0 aliphatic heterocycles. The maximum absolute atomic E-state index is 10.4. The number of nitrogens with one attached hydrogen (secondary N) is 1. The number of hydrogen-bond acceptors (Lipinski definition) is 1. The second kappa shape index (κ2) is 3.28. The monoisotopic (exact) mass is 127 g/mol. The Morgan fingerprint density at radius 2 is 2.00 bits per heavy atom. The van der Waals surface area contributed by atoms with Gasteiger partial charge in [-0.2, -0.15) is 0 Å². The van der Waals surface area contributed by atoms with Crippen molar-refractivity contribution in [1.82, 2.24) is 5.32 Å². The molecule has 0 fully saturated rings. The third-order valence-corrected chi connectivity index (χ3v) is 1.03. The molecule has 0 unspecified atom stereocenters. The van der Waals surface area contributed by atoms with E-state index in [4.69, 9.17) is 0 Å². The van der Waals surface area contributed by atoms with Crippen LogP contribution in [-0.4, -0.2) is 5.91 Å². The number of rotatable bonds is 2. The van der Waals surface area contributed by atoms with Crippen molar-refractivity contribution < 1.29 is 4.79 Å². The number of carbonyl (C=O) groups is 1. The predicted octanol–water partition coefficient (Wildman–Crippen LogP) is 1.29. The van der Waals surface area contributed by atoms with Crippen LogP contribution >= 0.6 is 0 Å². The first kappa shape index (κ1) is 8.21. The van der Waals surface area contributed by atoms with Crippen molar-refractivity contribution in [2.75, 3.05) is 0 Å². The fraction of sp³-hybridized carbons (Fsp3) is 0.571. The van der Waals surface area contributed by atoms with Gasteiger partial charge >= 0.3 is 0 Å². The lowest BCUT2D eigenvalue weighted by molar-refractivity contribution is -0.118. The Bertz CT molecular complexity index is 127. The molecular weight excluding hydrogens is 114 g/mol. The Morgan fingerprint density at radius 3 is 2.11 bits per heavy atom. The standard InChI is InChI=1S/C7H13NO/c1-5(2)6(3)8-7(4)9/h5H,3H2,1-2,4H3,(H,8,9). The Labute approximate surface area is 56.0 Å². The molecule has 0 bridgehead atoms. The minimum Gasteiger partial charge on any atom is -0.330 e. The molecule has 0 radical (unpaired) electrons. The van der Waals surface area contributed by atoms with Crippen molar-refractivity contribution in [2.24, 2.45) is 5.92 Å². The zero-order valence-electron chi connectivity index (χ0n) is 6.19. The molecule has 1 N–H and O–H groups in total. The molecule has 1 amide bonds. The largest absolute Gasteiger partial charge is 0.330 e. The molecule has 0 atom stereocenters. The second-order valence-corrected chi connectivity index (χ2v) is 2.36. The van der Waals surface area contributed by atoms with E-state index in [0.717, 1.165) is 5.70 Å². The molecule has 0 rings (SSSR count). The van der Waals surface area contributed by atoms with E-state index in [9.17, 15) is 4.79 Å². The molecule has 9 heavy (non-hydrogen) atoms. The first-order valence-electron chi connectivity index (χ1n) is 3.00. The normalized spacial score (nSPS) is 9.33.